The predicted octanol–water partition coefficient (Wildman–Crippen LogP) is 3.95. The van der Waals surface area contributed by atoms with E-state index in [1.165, 1.54) is 24.3 Å². The summed E-state index contributed by atoms with van der Waals surface area (Å²) < 4.78 is 32.6. The Balaban J connectivity index is 1.04. The summed E-state index contributed by atoms with van der Waals surface area (Å²) in [4.78, 5) is 29.5. The minimum absolute atomic E-state index is 0.0437. The van der Waals surface area contributed by atoms with Crippen molar-refractivity contribution in [3.05, 3.63) is 71.3 Å². The number of carbonyl (C=O) groups excluding carboxylic acids is 2. The monoisotopic (exact) mass is 468 g/mol. The van der Waals surface area contributed by atoms with Gasteiger partial charge in [-0.05, 0) is 67.0 Å². The summed E-state index contributed by atoms with van der Waals surface area (Å²) in [6.07, 6.45) is 1.24. The van der Waals surface area contributed by atoms with Gasteiger partial charge in [0, 0.05) is 38.6 Å². The number of nitrogens with zero attached hydrogens (tertiary/aromatic N) is 2. The van der Waals surface area contributed by atoms with Crippen LogP contribution in [0.25, 0.3) is 0 Å². The lowest BCUT2D eigenvalue weighted by Gasteiger charge is -2.36. The molecular formula is C27H30F2N2O3. The Morgan fingerprint density at radius 2 is 1.47 bits per heavy atom. The van der Waals surface area contributed by atoms with Crippen LogP contribution in [-0.4, -0.2) is 60.5 Å². The second-order valence-electron chi connectivity index (χ2n) is 9.88. The molecule has 1 aliphatic heterocycles. The predicted molar refractivity (Wildman–Crippen MR) is 123 cm³/mol. The van der Waals surface area contributed by atoms with E-state index in [1.54, 1.807) is 12.1 Å². The number of esters is 1. The third kappa shape index (κ3) is 5.14. The van der Waals surface area contributed by atoms with Gasteiger partial charge in [-0.25, -0.2) is 8.78 Å². The number of rotatable bonds is 7. The molecule has 0 unspecified atom stereocenters. The molecule has 2 aliphatic carbocycles. The van der Waals surface area contributed by atoms with Crippen LogP contribution in [0, 0.1) is 23.5 Å². The molecule has 3 aliphatic rings. The highest BCUT2D eigenvalue weighted by molar-refractivity contribution is 5.83. The Labute approximate surface area is 198 Å². The van der Waals surface area contributed by atoms with Gasteiger partial charge in [0.25, 0.3) is 0 Å². The number of hydrogen-bond acceptors (Lipinski definition) is 4. The van der Waals surface area contributed by atoms with Crippen molar-refractivity contribution in [3.8, 4) is 0 Å². The molecule has 5 nitrogen and oxygen atoms in total. The van der Waals surface area contributed by atoms with Crippen LogP contribution in [0.15, 0.2) is 48.5 Å². The van der Waals surface area contributed by atoms with E-state index in [1.807, 2.05) is 24.0 Å². The van der Waals surface area contributed by atoms with E-state index < -0.39 is 0 Å². The average Bonchev–Trinajstić information content (AvgIpc) is 3.73. The van der Waals surface area contributed by atoms with E-state index in [0.29, 0.717) is 26.1 Å². The second-order valence-corrected chi connectivity index (χ2v) is 9.88. The van der Waals surface area contributed by atoms with Crippen molar-refractivity contribution in [2.75, 3.05) is 32.7 Å². The molecule has 2 aromatic carbocycles. The van der Waals surface area contributed by atoms with Crippen molar-refractivity contribution < 1.29 is 23.1 Å². The fourth-order valence-electron chi connectivity index (χ4n) is 5.21. The third-order valence-electron chi connectivity index (χ3n) is 7.27. The lowest BCUT2D eigenvalue weighted by Crippen LogP contribution is -2.51. The zero-order valence-electron chi connectivity index (χ0n) is 19.3. The highest BCUT2D eigenvalue weighted by Crippen LogP contribution is 2.49. The molecule has 5 rings (SSSR count). The molecule has 0 spiro atoms. The molecule has 1 saturated heterocycles. The fraction of sp³-hybridized carbons (Fsp3) is 0.481. The molecular weight excluding hydrogens is 438 g/mol. The minimum Gasteiger partial charge on any atom is -0.461 e. The normalized spacial score (nSPS) is 27.2. The number of halogens is 2. The zero-order valence-corrected chi connectivity index (χ0v) is 19.3. The SMILES string of the molecule is C[C@H](CN1CCN(C(=O)[C@@H]2C[C@@H]2c2cccc(F)c2)CC1)OC(=O)[C@H]1C[C@@H]1c1cccc(F)c1. The van der Waals surface area contributed by atoms with Gasteiger partial charge in [-0.2, -0.15) is 0 Å². The summed E-state index contributed by atoms with van der Waals surface area (Å²) in [7, 11) is 0. The van der Waals surface area contributed by atoms with Crippen molar-refractivity contribution in [2.45, 2.75) is 37.7 Å². The van der Waals surface area contributed by atoms with Crippen LogP contribution in [0.2, 0.25) is 0 Å². The van der Waals surface area contributed by atoms with E-state index in [4.69, 9.17) is 4.74 Å². The molecule has 0 radical (unpaired) electrons. The van der Waals surface area contributed by atoms with E-state index >= 15 is 0 Å². The van der Waals surface area contributed by atoms with Gasteiger partial charge in [0.15, 0.2) is 0 Å². The summed E-state index contributed by atoms with van der Waals surface area (Å²) in [5.41, 5.74) is 1.76. The van der Waals surface area contributed by atoms with Gasteiger partial charge in [0.05, 0.1) is 5.92 Å². The lowest BCUT2D eigenvalue weighted by molar-refractivity contribution is -0.151. The van der Waals surface area contributed by atoms with Gasteiger partial charge >= 0.3 is 5.97 Å². The highest BCUT2D eigenvalue weighted by atomic mass is 19.1. The molecule has 5 atom stereocenters. The van der Waals surface area contributed by atoms with Gasteiger partial charge < -0.3 is 9.64 Å². The van der Waals surface area contributed by atoms with Crippen LogP contribution in [-0.2, 0) is 14.3 Å². The smallest absolute Gasteiger partial charge is 0.309 e. The Kier molecular flexibility index (Phi) is 6.38. The maximum Gasteiger partial charge on any atom is 0.309 e. The Morgan fingerprint density at radius 3 is 2.06 bits per heavy atom. The molecule has 34 heavy (non-hydrogen) atoms. The molecule has 0 N–H and O–H groups in total. The Hall–Kier alpha value is -2.80. The van der Waals surface area contributed by atoms with Gasteiger partial charge in [0.1, 0.15) is 17.7 Å². The fourth-order valence-corrected chi connectivity index (χ4v) is 5.21. The van der Waals surface area contributed by atoms with Crippen LogP contribution >= 0.6 is 0 Å². The first-order chi connectivity index (χ1) is 16.4. The molecule has 0 bridgehead atoms. The zero-order chi connectivity index (χ0) is 23.8. The van der Waals surface area contributed by atoms with Crippen LogP contribution < -0.4 is 0 Å². The number of benzene rings is 2. The highest BCUT2D eigenvalue weighted by Gasteiger charge is 2.47. The summed E-state index contributed by atoms with van der Waals surface area (Å²) in [5, 5.41) is 0. The van der Waals surface area contributed by atoms with Gasteiger partial charge in [0.2, 0.25) is 5.91 Å². The van der Waals surface area contributed by atoms with Crippen molar-refractivity contribution in [2.24, 2.45) is 11.8 Å². The first-order valence-electron chi connectivity index (χ1n) is 12.1. The minimum atomic E-state index is -0.284. The van der Waals surface area contributed by atoms with Crippen LogP contribution in [0.5, 0.6) is 0 Å². The Morgan fingerprint density at radius 1 is 0.912 bits per heavy atom. The van der Waals surface area contributed by atoms with Crippen molar-refractivity contribution in [3.63, 3.8) is 0 Å². The van der Waals surface area contributed by atoms with Gasteiger partial charge in [-0.15, -0.1) is 0 Å². The lowest BCUT2D eigenvalue weighted by atomic mass is 10.1. The molecule has 2 aromatic rings. The molecule has 180 valence electrons. The first-order valence-corrected chi connectivity index (χ1v) is 12.1. The van der Waals surface area contributed by atoms with Crippen molar-refractivity contribution >= 4 is 11.9 Å². The molecule has 7 heteroatoms. The van der Waals surface area contributed by atoms with E-state index in [9.17, 15) is 18.4 Å². The van der Waals surface area contributed by atoms with E-state index in [2.05, 4.69) is 4.90 Å². The number of carbonyl (C=O) groups is 2. The number of amides is 1. The molecule has 2 saturated carbocycles. The molecule has 1 amide bonds. The van der Waals surface area contributed by atoms with Crippen molar-refractivity contribution in [1.29, 1.82) is 0 Å². The largest absolute Gasteiger partial charge is 0.461 e. The number of hydrogen-bond donors (Lipinski definition) is 0. The average molecular weight is 469 g/mol. The maximum absolute atomic E-state index is 13.5. The second kappa shape index (κ2) is 9.45. The summed E-state index contributed by atoms with van der Waals surface area (Å²) >= 11 is 0. The Bertz CT molecular complexity index is 1070. The molecule has 1 heterocycles. The third-order valence-corrected chi connectivity index (χ3v) is 7.27. The topological polar surface area (TPSA) is 49.9 Å². The number of piperazine rings is 1. The van der Waals surface area contributed by atoms with Crippen molar-refractivity contribution in [1.82, 2.24) is 9.80 Å². The summed E-state index contributed by atoms with van der Waals surface area (Å²) in [5.74, 6) is -0.666. The quantitative estimate of drug-likeness (QED) is 0.578. The van der Waals surface area contributed by atoms with Crippen LogP contribution in [0.1, 0.15) is 42.7 Å². The molecule has 3 fully saturated rings. The standard InChI is InChI=1S/C27H30F2N2O3/c1-17(34-27(33)25-15-23(25)19-5-3-7-21(29)13-19)16-30-8-10-31(11-9-30)26(32)24-14-22(24)18-4-2-6-20(28)12-18/h2-7,12-13,17,22-25H,8-11,14-16H2,1H3/t17-,22-,23-,24-,25+/m1/s1. The van der Waals surface area contributed by atoms with Crippen LogP contribution in [0.4, 0.5) is 8.78 Å². The summed E-state index contributed by atoms with van der Waals surface area (Å²) in [6, 6.07) is 13.0. The van der Waals surface area contributed by atoms with E-state index in [0.717, 1.165) is 30.6 Å². The van der Waals surface area contributed by atoms with Gasteiger partial charge in [-0.3, -0.25) is 14.5 Å². The first kappa shape index (κ1) is 23.0. The maximum atomic E-state index is 13.5. The molecule has 0 aromatic heterocycles. The van der Waals surface area contributed by atoms with Gasteiger partial charge in [-0.1, -0.05) is 24.3 Å². The summed E-state index contributed by atoms with van der Waals surface area (Å²) in [6.45, 7) is 5.29. The van der Waals surface area contributed by atoms with E-state index in [-0.39, 0.29) is 53.3 Å². The number of ether oxygens (including phenoxy) is 1. The van der Waals surface area contributed by atoms with Crippen LogP contribution in [0.3, 0.4) is 0 Å².